The van der Waals surface area contributed by atoms with Gasteiger partial charge >= 0.3 is 6.03 Å². The number of ketones is 3. The van der Waals surface area contributed by atoms with Gasteiger partial charge in [-0.15, -0.1) is 0 Å². The van der Waals surface area contributed by atoms with Gasteiger partial charge in [0.15, 0.2) is 11.6 Å². The molecular weight excluding hydrogens is 662 g/mol. The van der Waals surface area contributed by atoms with Crippen LogP contribution in [0.15, 0.2) is 0 Å². The van der Waals surface area contributed by atoms with Crippen molar-refractivity contribution in [2.45, 2.75) is 163 Å². The molecule has 1 saturated heterocycles. The predicted molar refractivity (Wildman–Crippen MR) is 195 cm³/mol. The Bertz CT molecular complexity index is 1460. The summed E-state index contributed by atoms with van der Waals surface area (Å²) in [7, 11) is 0. The van der Waals surface area contributed by atoms with E-state index in [2.05, 4.69) is 29.8 Å². The third kappa shape index (κ3) is 7.41. The summed E-state index contributed by atoms with van der Waals surface area (Å²) >= 11 is 0. The number of rotatable bonds is 14. The molecule has 1 heterocycles. The van der Waals surface area contributed by atoms with Gasteiger partial charge in [-0.25, -0.2) is 4.79 Å². The number of nitrogens with two attached hydrogens (primary N) is 1. The van der Waals surface area contributed by atoms with Crippen molar-refractivity contribution < 1.29 is 33.6 Å². The highest BCUT2D eigenvalue weighted by atomic mass is 16.2. The van der Waals surface area contributed by atoms with Gasteiger partial charge in [0.2, 0.25) is 17.6 Å². The third-order valence-electron chi connectivity index (χ3n) is 14.2. The Morgan fingerprint density at radius 2 is 1.58 bits per heavy atom. The van der Waals surface area contributed by atoms with E-state index in [1.165, 1.54) is 0 Å². The first-order valence-corrected chi connectivity index (χ1v) is 19.8. The zero-order valence-electron chi connectivity index (χ0n) is 32.5. The molecule has 6 atom stereocenters. The van der Waals surface area contributed by atoms with Crippen LogP contribution in [-0.2, 0) is 28.8 Å². The van der Waals surface area contributed by atoms with Crippen LogP contribution in [0.2, 0.25) is 0 Å². The zero-order valence-corrected chi connectivity index (χ0v) is 32.5. The standard InChI is InChI=1S/C40H63N5O7/c1-23(2)27(20-31(48)42-26-14-8-9-15-29(26)46)43-36(52)44-33(37(3,4)5)35(51)45-22-40(38(6,7)39(40)16-11-17-39)21-28(45)30(47)19-25(32(49)34(41)50)18-24-12-10-13-24/h23-28,33H,8-22H2,1-7H3,(H2,41,50)(H,42,48)(H2,43,44,52)/t25?,26?,27-,28+,33-,40-/m1/s1. The zero-order chi connectivity index (χ0) is 38.4. The number of carbonyl (C=O) groups is 7. The third-order valence-corrected chi connectivity index (χ3v) is 14.2. The number of urea groups is 1. The molecule has 52 heavy (non-hydrogen) atoms. The molecule has 0 aromatic rings. The Kier molecular flexibility index (Phi) is 11.4. The van der Waals surface area contributed by atoms with Gasteiger partial charge < -0.3 is 26.6 Å². The van der Waals surface area contributed by atoms with Crippen LogP contribution in [0.3, 0.4) is 0 Å². The van der Waals surface area contributed by atoms with Gasteiger partial charge in [0.1, 0.15) is 6.04 Å². The maximum atomic E-state index is 14.8. The number of primary amides is 1. The van der Waals surface area contributed by atoms with E-state index in [0.717, 1.165) is 51.4 Å². The topological polar surface area (TPSA) is 185 Å². The number of Topliss-reactive ketones (excluding diaryl/α,β-unsaturated/α-hetero) is 3. The van der Waals surface area contributed by atoms with Gasteiger partial charge in [-0.1, -0.05) is 80.6 Å². The van der Waals surface area contributed by atoms with Gasteiger partial charge in [-0.2, -0.15) is 0 Å². The smallest absolute Gasteiger partial charge is 0.315 e. The van der Waals surface area contributed by atoms with Crippen LogP contribution in [0.5, 0.6) is 0 Å². The van der Waals surface area contributed by atoms with Gasteiger partial charge in [-0.3, -0.25) is 28.8 Å². The van der Waals surface area contributed by atoms with Crippen molar-refractivity contribution in [3.8, 4) is 0 Å². The molecule has 5 amide bonds. The van der Waals surface area contributed by atoms with Crippen LogP contribution >= 0.6 is 0 Å². The lowest BCUT2D eigenvalue weighted by molar-refractivity contribution is -0.143. The molecule has 4 saturated carbocycles. The Labute approximate surface area is 309 Å². The lowest BCUT2D eigenvalue weighted by Gasteiger charge is -2.36. The normalized spacial score (nSPS) is 28.0. The maximum Gasteiger partial charge on any atom is 0.315 e. The van der Waals surface area contributed by atoms with Gasteiger partial charge in [0, 0.05) is 43.2 Å². The molecule has 5 rings (SSSR count). The van der Waals surface area contributed by atoms with Crippen molar-refractivity contribution in [1.29, 1.82) is 0 Å². The molecule has 5 fully saturated rings. The number of hydrogen-bond donors (Lipinski definition) is 4. The largest absolute Gasteiger partial charge is 0.363 e. The van der Waals surface area contributed by atoms with Gasteiger partial charge in [0.05, 0.1) is 12.1 Å². The summed E-state index contributed by atoms with van der Waals surface area (Å²) in [5.74, 6) is -3.28. The Morgan fingerprint density at radius 1 is 0.904 bits per heavy atom. The van der Waals surface area contributed by atoms with Crippen molar-refractivity contribution in [1.82, 2.24) is 20.9 Å². The van der Waals surface area contributed by atoms with E-state index < -0.39 is 53.2 Å². The Balaban J connectivity index is 1.34. The molecule has 5 aliphatic rings. The van der Waals surface area contributed by atoms with Crippen molar-refractivity contribution in [3.63, 3.8) is 0 Å². The number of fused-ring (bicyclic) bond motifs is 1. The number of amides is 5. The molecule has 290 valence electrons. The number of hydrogen-bond acceptors (Lipinski definition) is 7. The summed E-state index contributed by atoms with van der Waals surface area (Å²) < 4.78 is 0. The molecule has 0 bridgehead atoms. The summed E-state index contributed by atoms with van der Waals surface area (Å²) in [5.41, 5.74) is 4.39. The Morgan fingerprint density at radius 3 is 2.08 bits per heavy atom. The van der Waals surface area contributed by atoms with E-state index in [0.29, 0.717) is 32.2 Å². The maximum absolute atomic E-state index is 14.8. The first kappa shape index (κ1) is 39.9. The molecule has 2 unspecified atom stereocenters. The first-order valence-electron chi connectivity index (χ1n) is 19.8. The minimum absolute atomic E-state index is 0.0164. The minimum atomic E-state index is -1.03. The van der Waals surface area contributed by atoms with E-state index in [1.54, 1.807) is 4.90 Å². The number of likely N-dealkylation sites (tertiary alicyclic amines) is 1. The van der Waals surface area contributed by atoms with E-state index >= 15 is 0 Å². The molecule has 0 aromatic heterocycles. The SMILES string of the molecule is CC(C)[C@@H](CC(=O)NC1CCCCC1=O)NC(=O)N[C@H](C(=O)N1C[C@]2(C[C@H]1C(=O)CC(CC1CCC1)C(=O)C(N)=O)C(C)(C)C21CCC1)C(C)(C)C. The van der Waals surface area contributed by atoms with Crippen LogP contribution < -0.4 is 21.7 Å². The summed E-state index contributed by atoms with van der Waals surface area (Å²) in [6.07, 6.45) is 9.68. The lowest BCUT2D eigenvalue weighted by Crippen LogP contribution is -2.59. The molecular formula is C40H63N5O7. The fourth-order valence-corrected chi connectivity index (χ4v) is 10.3. The second-order valence-corrected chi connectivity index (χ2v) is 18.8. The second kappa shape index (κ2) is 14.8. The highest BCUT2D eigenvalue weighted by Gasteiger charge is 2.85. The van der Waals surface area contributed by atoms with Crippen LogP contribution in [0.4, 0.5) is 4.79 Å². The first-order chi connectivity index (χ1) is 24.2. The summed E-state index contributed by atoms with van der Waals surface area (Å²) in [5, 5.41) is 8.68. The molecule has 0 aromatic carbocycles. The quantitative estimate of drug-likeness (QED) is 0.192. The molecule has 4 aliphatic carbocycles. The van der Waals surface area contributed by atoms with Crippen LogP contribution in [0.25, 0.3) is 0 Å². The fraction of sp³-hybridized carbons (Fsp3) is 0.825. The average Bonchev–Trinajstić information content (AvgIpc) is 3.23. The van der Waals surface area contributed by atoms with Gasteiger partial charge in [-0.05, 0) is 66.6 Å². The number of nitrogens with one attached hydrogen (secondary N) is 3. The molecule has 5 N–H and O–H groups in total. The summed E-state index contributed by atoms with van der Waals surface area (Å²) in [6.45, 7) is 14.2. The highest BCUT2D eigenvalue weighted by molar-refractivity contribution is 6.36. The average molecular weight is 726 g/mol. The molecule has 2 spiro atoms. The lowest BCUT2D eigenvalue weighted by atomic mass is 9.73. The molecule has 12 nitrogen and oxygen atoms in total. The van der Waals surface area contributed by atoms with Crippen molar-refractivity contribution >= 4 is 41.1 Å². The Hall–Kier alpha value is -3.31. The van der Waals surface area contributed by atoms with E-state index in [9.17, 15) is 33.6 Å². The monoisotopic (exact) mass is 725 g/mol. The van der Waals surface area contributed by atoms with Crippen LogP contribution in [0.1, 0.15) is 138 Å². The van der Waals surface area contributed by atoms with Crippen LogP contribution in [-0.4, -0.2) is 76.7 Å². The fourth-order valence-electron chi connectivity index (χ4n) is 10.3. The summed E-state index contributed by atoms with van der Waals surface area (Å²) in [6, 6.07) is -3.44. The minimum Gasteiger partial charge on any atom is -0.363 e. The van der Waals surface area contributed by atoms with Gasteiger partial charge in [0.25, 0.3) is 5.91 Å². The van der Waals surface area contributed by atoms with Crippen molar-refractivity contribution in [2.75, 3.05) is 6.54 Å². The van der Waals surface area contributed by atoms with Crippen molar-refractivity contribution in [3.05, 3.63) is 0 Å². The van der Waals surface area contributed by atoms with Crippen molar-refractivity contribution in [2.24, 2.45) is 45.1 Å². The molecule has 0 radical (unpaired) electrons. The second-order valence-electron chi connectivity index (χ2n) is 18.8. The van der Waals surface area contributed by atoms with E-state index in [4.69, 9.17) is 5.73 Å². The summed E-state index contributed by atoms with van der Waals surface area (Å²) in [4.78, 5) is 94.7. The van der Waals surface area contributed by atoms with E-state index in [1.807, 2.05) is 34.6 Å². The predicted octanol–water partition coefficient (Wildman–Crippen LogP) is 4.36. The van der Waals surface area contributed by atoms with Crippen LogP contribution in [0, 0.1) is 39.4 Å². The molecule has 1 aliphatic heterocycles. The number of carbonyl (C=O) groups excluding carboxylic acids is 7. The highest BCUT2D eigenvalue weighted by Crippen LogP contribution is 2.88. The molecule has 12 heteroatoms. The number of nitrogens with zero attached hydrogens (tertiary/aromatic N) is 1. The van der Waals surface area contributed by atoms with E-state index in [-0.39, 0.29) is 64.3 Å².